The summed E-state index contributed by atoms with van der Waals surface area (Å²) in [6.45, 7) is 1.72. The van der Waals surface area contributed by atoms with Crippen LogP contribution >= 0.6 is 0 Å². The van der Waals surface area contributed by atoms with Crippen molar-refractivity contribution in [1.82, 2.24) is 9.88 Å². The van der Waals surface area contributed by atoms with E-state index in [1.165, 1.54) is 0 Å². The van der Waals surface area contributed by atoms with Crippen LogP contribution in [0.5, 0.6) is 5.75 Å². The first-order chi connectivity index (χ1) is 14.6. The number of likely N-dealkylation sites (tertiary alicyclic amines) is 1. The summed E-state index contributed by atoms with van der Waals surface area (Å²) in [4.78, 5) is 18.0. The highest BCUT2D eigenvalue weighted by Crippen LogP contribution is 2.32. The number of hydrogen-bond donors (Lipinski definition) is 1. The van der Waals surface area contributed by atoms with Crippen LogP contribution in [0.2, 0.25) is 0 Å². The van der Waals surface area contributed by atoms with Gasteiger partial charge in [0.25, 0.3) is 0 Å². The van der Waals surface area contributed by atoms with Gasteiger partial charge in [0, 0.05) is 13.0 Å². The number of hydrogen-bond acceptors (Lipinski definition) is 5. The molecule has 6 heteroatoms. The summed E-state index contributed by atoms with van der Waals surface area (Å²) in [6, 6.07) is 15.2. The van der Waals surface area contributed by atoms with Crippen LogP contribution in [0.4, 0.5) is 0 Å². The Labute approximate surface area is 176 Å². The predicted molar refractivity (Wildman–Crippen MR) is 113 cm³/mol. The van der Waals surface area contributed by atoms with E-state index >= 15 is 0 Å². The first-order valence-electron chi connectivity index (χ1n) is 10.3. The maximum atomic E-state index is 11.1. The van der Waals surface area contributed by atoms with Gasteiger partial charge in [0.1, 0.15) is 11.5 Å². The molecule has 0 aliphatic carbocycles. The summed E-state index contributed by atoms with van der Waals surface area (Å²) in [5, 5.41) is 9.09. The van der Waals surface area contributed by atoms with Gasteiger partial charge in [0.15, 0.2) is 0 Å². The van der Waals surface area contributed by atoms with Gasteiger partial charge in [-0.2, -0.15) is 0 Å². The van der Waals surface area contributed by atoms with Gasteiger partial charge in [-0.3, -0.25) is 4.90 Å². The zero-order valence-corrected chi connectivity index (χ0v) is 17.1. The van der Waals surface area contributed by atoms with E-state index < -0.39 is 5.97 Å². The molecule has 6 nitrogen and oxygen atoms in total. The van der Waals surface area contributed by atoms with Gasteiger partial charge >= 0.3 is 5.97 Å². The maximum absolute atomic E-state index is 11.1. The highest BCUT2D eigenvalue weighted by atomic mass is 16.5. The first kappa shape index (κ1) is 20.2. The third-order valence-electron chi connectivity index (χ3n) is 5.57. The van der Waals surface area contributed by atoms with Crippen LogP contribution in [0.15, 0.2) is 59.1 Å². The molecule has 156 valence electrons. The molecule has 2 aromatic carbocycles. The van der Waals surface area contributed by atoms with Crippen molar-refractivity contribution in [3.63, 3.8) is 0 Å². The van der Waals surface area contributed by atoms with Crippen molar-refractivity contribution in [2.24, 2.45) is 0 Å². The largest absolute Gasteiger partial charge is 0.497 e. The monoisotopic (exact) mass is 406 g/mol. The average Bonchev–Trinajstić information content (AvgIpc) is 3.23. The molecule has 1 atom stereocenters. The molecule has 1 saturated heterocycles. The van der Waals surface area contributed by atoms with E-state index in [1.54, 1.807) is 19.2 Å². The van der Waals surface area contributed by atoms with Gasteiger partial charge in [-0.05, 0) is 54.8 Å². The van der Waals surface area contributed by atoms with Crippen molar-refractivity contribution >= 4 is 5.97 Å². The number of benzene rings is 2. The van der Waals surface area contributed by atoms with Crippen molar-refractivity contribution in [2.75, 3.05) is 13.7 Å². The topological polar surface area (TPSA) is 75.8 Å². The van der Waals surface area contributed by atoms with Gasteiger partial charge in [-0.1, -0.05) is 30.7 Å². The molecule has 1 N–H and O–H groups in total. The number of methoxy groups -OCH3 is 1. The number of ether oxygens (including phenoxy) is 1. The van der Waals surface area contributed by atoms with Crippen molar-refractivity contribution < 1.29 is 19.1 Å². The molecule has 0 amide bonds. The van der Waals surface area contributed by atoms with Crippen LogP contribution in [0.1, 0.15) is 58.4 Å². The predicted octanol–water partition coefficient (Wildman–Crippen LogP) is 4.70. The number of piperidine rings is 1. The van der Waals surface area contributed by atoms with Crippen LogP contribution in [-0.2, 0) is 13.0 Å². The number of nitrogens with zero attached hydrogens (tertiary/aromatic N) is 2. The van der Waals surface area contributed by atoms with Crippen LogP contribution in [0, 0.1) is 0 Å². The summed E-state index contributed by atoms with van der Waals surface area (Å²) in [5.74, 6) is 1.53. The molecular formula is C24H26N2O4. The lowest BCUT2D eigenvalue weighted by Gasteiger charge is -2.33. The number of carboxylic acid groups (broad SMARTS) is 1. The fourth-order valence-electron chi connectivity index (χ4n) is 3.99. The second kappa shape index (κ2) is 9.13. The molecule has 0 spiro atoms. The Balaban J connectivity index is 1.46. The number of carboxylic acids is 1. The van der Waals surface area contributed by atoms with Crippen LogP contribution in [-0.4, -0.2) is 34.6 Å². The summed E-state index contributed by atoms with van der Waals surface area (Å²) in [6.07, 6.45) is 5.79. The number of aromatic nitrogens is 1. The number of rotatable bonds is 7. The zero-order valence-electron chi connectivity index (χ0n) is 17.1. The van der Waals surface area contributed by atoms with E-state index in [4.69, 9.17) is 14.3 Å². The normalized spacial score (nSPS) is 17.0. The van der Waals surface area contributed by atoms with E-state index in [0.717, 1.165) is 60.9 Å². The third-order valence-corrected chi connectivity index (χ3v) is 5.57. The van der Waals surface area contributed by atoms with Gasteiger partial charge in [-0.15, -0.1) is 0 Å². The number of aromatic carboxylic acids is 1. The molecule has 0 radical (unpaired) electrons. The van der Waals surface area contributed by atoms with Gasteiger partial charge in [-0.25, -0.2) is 9.78 Å². The molecule has 0 saturated carbocycles. The quantitative estimate of drug-likeness (QED) is 0.613. The SMILES string of the molecule is COc1cccc(Cc2cnc(C3CCCCN3Cc3ccc(C(=O)O)cc3)o2)c1. The van der Waals surface area contributed by atoms with Crippen LogP contribution in [0.3, 0.4) is 0 Å². The fourth-order valence-corrected chi connectivity index (χ4v) is 3.99. The number of oxazole rings is 1. The Morgan fingerprint density at radius 3 is 2.80 bits per heavy atom. The molecule has 4 rings (SSSR count). The Bertz CT molecular complexity index is 996. The van der Waals surface area contributed by atoms with Crippen LogP contribution in [0.25, 0.3) is 0 Å². The van der Waals surface area contributed by atoms with Crippen molar-refractivity contribution in [2.45, 2.75) is 38.3 Å². The Morgan fingerprint density at radius 2 is 2.03 bits per heavy atom. The van der Waals surface area contributed by atoms with E-state index in [0.29, 0.717) is 12.0 Å². The lowest BCUT2D eigenvalue weighted by Crippen LogP contribution is -2.33. The summed E-state index contributed by atoms with van der Waals surface area (Å²) in [5.41, 5.74) is 2.52. The minimum atomic E-state index is -0.902. The molecule has 1 aliphatic rings. The average molecular weight is 406 g/mol. The molecule has 3 aromatic rings. The molecule has 30 heavy (non-hydrogen) atoms. The highest BCUT2D eigenvalue weighted by Gasteiger charge is 2.28. The maximum Gasteiger partial charge on any atom is 0.335 e. The summed E-state index contributed by atoms with van der Waals surface area (Å²) >= 11 is 0. The fraction of sp³-hybridized carbons (Fsp3) is 0.333. The lowest BCUT2D eigenvalue weighted by molar-refractivity contribution is 0.0697. The molecular weight excluding hydrogens is 380 g/mol. The Morgan fingerprint density at radius 1 is 1.20 bits per heavy atom. The lowest BCUT2D eigenvalue weighted by atomic mass is 10.0. The second-order valence-corrected chi connectivity index (χ2v) is 7.68. The highest BCUT2D eigenvalue weighted by molar-refractivity contribution is 5.87. The van der Waals surface area contributed by atoms with Gasteiger partial charge in [0.2, 0.25) is 5.89 Å². The van der Waals surface area contributed by atoms with Crippen molar-refractivity contribution in [3.8, 4) is 5.75 Å². The molecule has 2 heterocycles. The molecule has 1 unspecified atom stereocenters. The second-order valence-electron chi connectivity index (χ2n) is 7.68. The third kappa shape index (κ3) is 4.71. The molecule has 1 aliphatic heterocycles. The standard InChI is InChI=1S/C24H26N2O4/c1-29-20-6-4-5-18(13-20)14-21-15-25-23(30-21)22-7-2-3-12-26(22)16-17-8-10-19(11-9-17)24(27)28/h4-6,8-11,13,15,22H,2-3,7,12,14,16H2,1H3,(H,27,28). The summed E-state index contributed by atoms with van der Waals surface area (Å²) in [7, 11) is 1.67. The van der Waals surface area contributed by atoms with Gasteiger partial charge < -0.3 is 14.3 Å². The number of carbonyl (C=O) groups is 1. The van der Waals surface area contributed by atoms with E-state index in [2.05, 4.69) is 16.0 Å². The minimum absolute atomic E-state index is 0.136. The van der Waals surface area contributed by atoms with Crippen LogP contribution < -0.4 is 4.74 Å². The molecule has 0 bridgehead atoms. The van der Waals surface area contributed by atoms with E-state index in [1.807, 2.05) is 36.5 Å². The Hall–Kier alpha value is -3.12. The molecule has 1 aromatic heterocycles. The van der Waals surface area contributed by atoms with Crippen molar-refractivity contribution in [3.05, 3.63) is 83.1 Å². The van der Waals surface area contributed by atoms with Gasteiger partial charge in [0.05, 0.1) is 24.9 Å². The summed E-state index contributed by atoms with van der Waals surface area (Å²) < 4.78 is 11.4. The first-order valence-corrected chi connectivity index (χ1v) is 10.3. The van der Waals surface area contributed by atoms with E-state index in [9.17, 15) is 4.79 Å². The zero-order chi connectivity index (χ0) is 20.9. The Kier molecular flexibility index (Phi) is 6.14. The smallest absolute Gasteiger partial charge is 0.335 e. The van der Waals surface area contributed by atoms with Crippen molar-refractivity contribution in [1.29, 1.82) is 0 Å². The van der Waals surface area contributed by atoms with E-state index in [-0.39, 0.29) is 6.04 Å². The molecule has 1 fully saturated rings. The minimum Gasteiger partial charge on any atom is -0.497 e.